The highest BCUT2D eigenvalue weighted by Crippen LogP contribution is 2.48. The molecule has 1 aromatic carbocycles. The van der Waals surface area contributed by atoms with E-state index in [1.807, 2.05) is 6.92 Å². The van der Waals surface area contributed by atoms with E-state index in [4.69, 9.17) is 10.00 Å². The number of rotatable bonds is 7. The van der Waals surface area contributed by atoms with Crippen LogP contribution in [0.2, 0.25) is 0 Å². The molecule has 1 aliphatic carbocycles. The quantitative estimate of drug-likeness (QED) is 0.413. The summed E-state index contributed by atoms with van der Waals surface area (Å²) in [6.45, 7) is 13.8. The zero-order valence-electron chi connectivity index (χ0n) is 21.7. The standard InChI is InChI=1S/C26H37NO4.C2H3N.H2O/c1-5-6-7-8-19-16-22(28)24(21-15-18(4)9-10-20(21)17(2)3)25(29)23(19)26(30)27-11-13-31-14-12-27;1-2-3;/h15-16,20-21,28-29H,2,5-14H2,1,3-4H3;1H3;1H2/t20-,21+;;/m0../s1. The molecular formula is C28H42N2O5. The van der Waals surface area contributed by atoms with Gasteiger partial charge in [0.2, 0.25) is 0 Å². The van der Waals surface area contributed by atoms with Gasteiger partial charge in [-0.3, -0.25) is 4.79 Å². The molecule has 7 heteroatoms. The lowest BCUT2D eigenvalue weighted by atomic mass is 9.73. The number of nitrogens with zero attached hydrogens (tertiary/aromatic N) is 2. The molecule has 1 saturated heterocycles. The number of nitriles is 1. The summed E-state index contributed by atoms with van der Waals surface area (Å²) in [6, 6.07) is 3.46. The molecule has 0 unspecified atom stereocenters. The van der Waals surface area contributed by atoms with Crippen LogP contribution in [0.1, 0.15) is 87.2 Å². The molecule has 1 heterocycles. The summed E-state index contributed by atoms with van der Waals surface area (Å²) in [5.74, 6) is -0.225. The van der Waals surface area contributed by atoms with E-state index in [1.165, 1.54) is 12.5 Å². The van der Waals surface area contributed by atoms with E-state index in [2.05, 4.69) is 26.5 Å². The van der Waals surface area contributed by atoms with Crippen LogP contribution in [0.25, 0.3) is 0 Å². The first-order chi connectivity index (χ1) is 16.3. The monoisotopic (exact) mass is 486 g/mol. The number of morpholine rings is 1. The van der Waals surface area contributed by atoms with E-state index in [9.17, 15) is 15.0 Å². The third-order valence-corrected chi connectivity index (χ3v) is 6.68. The van der Waals surface area contributed by atoms with Gasteiger partial charge in [-0.15, -0.1) is 0 Å². The molecule has 0 bridgehead atoms. The van der Waals surface area contributed by atoms with Gasteiger partial charge in [0.05, 0.1) is 24.8 Å². The first-order valence-corrected chi connectivity index (χ1v) is 12.3. The number of unbranched alkanes of at least 4 members (excludes halogenated alkanes) is 2. The van der Waals surface area contributed by atoms with Crippen molar-refractivity contribution in [1.82, 2.24) is 4.90 Å². The molecule has 0 saturated carbocycles. The van der Waals surface area contributed by atoms with Crippen molar-refractivity contribution in [2.45, 2.75) is 72.1 Å². The molecular weight excluding hydrogens is 444 g/mol. The number of hydrogen-bond donors (Lipinski definition) is 2. The Kier molecular flexibility index (Phi) is 12.6. The number of hydrogen-bond acceptors (Lipinski definition) is 5. The highest BCUT2D eigenvalue weighted by Gasteiger charge is 2.34. The van der Waals surface area contributed by atoms with Crippen molar-refractivity contribution in [1.29, 1.82) is 5.26 Å². The smallest absolute Gasteiger partial charge is 0.258 e. The van der Waals surface area contributed by atoms with Gasteiger partial charge >= 0.3 is 0 Å². The molecule has 2 aliphatic rings. The average molecular weight is 487 g/mol. The molecule has 4 N–H and O–H groups in total. The number of phenols is 2. The van der Waals surface area contributed by atoms with Crippen LogP contribution in [0.4, 0.5) is 0 Å². The van der Waals surface area contributed by atoms with Crippen LogP contribution in [0.3, 0.4) is 0 Å². The lowest BCUT2D eigenvalue weighted by Gasteiger charge is -2.33. The summed E-state index contributed by atoms with van der Waals surface area (Å²) in [5, 5.41) is 29.8. The van der Waals surface area contributed by atoms with Crippen molar-refractivity contribution >= 4 is 5.91 Å². The number of allylic oxidation sites excluding steroid dienone is 3. The first-order valence-electron chi connectivity index (χ1n) is 12.3. The van der Waals surface area contributed by atoms with Gasteiger partial charge in [-0.1, -0.05) is 43.6 Å². The third-order valence-electron chi connectivity index (χ3n) is 6.68. The average Bonchev–Trinajstić information content (AvgIpc) is 2.80. The van der Waals surface area contributed by atoms with E-state index in [0.29, 0.717) is 43.9 Å². The molecule has 0 aromatic heterocycles. The van der Waals surface area contributed by atoms with Gasteiger partial charge in [0.25, 0.3) is 5.91 Å². The SMILES string of the molecule is C=C(C)[C@@H]1CCC(C)=C[C@H]1c1c(O)cc(CCCCC)c(C(=O)N2CCOCC2)c1O.CC#N.O. The van der Waals surface area contributed by atoms with Crippen LogP contribution < -0.4 is 0 Å². The summed E-state index contributed by atoms with van der Waals surface area (Å²) >= 11 is 0. The Labute approximate surface area is 210 Å². The number of carbonyl (C=O) groups is 1. The zero-order chi connectivity index (χ0) is 25.3. The fourth-order valence-corrected chi connectivity index (χ4v) is 4.88. The second-order valence-electron chi connectivity index (χ2n) is 9.31. The van der Waals surface area contributed by atoms with E-state index >= 15 is 0 Å². The third kappa shape index (κ3) is 7.58. The molecule has 194 valence electrons. The maximum absolute atomic E-state index is 13.5. The molecule has 0 spiro atoms. The van der Waals surface area contributed by atoms with Crippen LogP contribution >= 0.6 is 0 Å². The number of benzene rings is 1. The van der Waals surface area contributed by atoms with Crippen LogP contribution in [0.5, 0.6) is 11.5 Å². The number of aryl methyl sites for hydroxylation is 1. The van der Waals surface area contributed by atoms with Gasteiger partial charge in [0, 0.05) is 31.5 Å². The Morgan fingerprint density at radius 2 is 1.91 bits per heavy atom. The summed E-state index contributed by atoms with van der Waals surface area (Å²) in [5.41, 5.74) is 3.80. The predicted molar refractivity (Wildman–Crippen MR) is 139 cm³/mol. The minimum absolute atomic E-state index is 0. The number of phenolic OH excluding ortho intramolecular Hbond substituents is 2. The molecule has 7 nitrogen and oxygen atoms in total. The number of amides is 1. The van der Waals surface area contributed by atoms with Crippen molar-refractivity contribution in [3.05, 3.63) is 46.6 Å². The predicted octanol–water partition coefficient (Wildman–Crippen LogP) is 5.02. The van der Waals surface area contributed by atoms with Gasteiger partial charge in [0.1, 0.15) is 11.5 Å². The van der Waals surface area contributed by atoms with Crippen molar-refractivity contribution in [2.24, 2.45) is 5.92 Å². The second kappa shape index (κ2) is 14.6. The van der Waals surface area contributed by atoms with Gasteiger partial charge < -0.3 is 25.3 Å². The van der Waals surface area contributed by atoms with Gasteiger partial charge in [-0.2, -0.15) is 5.26 Å². The summed E-state index contributed by atoms with van der Waals surface area (Å²) in [7, 11) is 0. The number of aromatic hydroxyl groups is 2. The largest absolute Gasteiger partial charge is 0.507 e. The maximum atomic E-state index is 13.5. The Balaban J connectivity index is 0.00000145. The van der Waals surface area contributed by atoms with Gasteiger partial charge in [-0.05, 0) is 57.1 Å². The Bertz CT molecular complexity index is 942. The molecule has 3 rings (SSSR count). The minimum Gasteiger partial charge on any atom is -0.507 e. The second-order valence-corrected chi connectivity index (χ2v) is 9.31. The molecule has 2 atom stereocenters. The van der Waals surface area contributed by atoms with E-state index in [-0.39, 0.29) is 34.7 Å². The molecule has 1 aromatic rings. The van der Waals surface area contributed by atoms with Crippen LogP contribution in [0.15, 0.2) is 29.9 Å². The summed E-state index contributed by atoms with van der Waals surface area (Å²) in [4.78, 5) is 15.2. The van der Waals surface area contributed by atoms with Gasteiger partial charge in [-0.25, -0.2) is 0 Å². The highest BCUT2D eigenvalue weighted by atomic mass is 16.5. The fourth-order valence-electron chi connectivity index (χ4n) is 4.88. The topological polar surface area (TPSA) is 125 Å². The van der Waals surface area contributed by atoms with Crippen molar-refractivity contribution in [2.75, 3.05) is 26.3 Å². The molecule has 1 amide bonds. The van der Waals surface area contributed by atoms with Crippen molar-refractivity contribution < 1.29 is 25.2 Å². The van der Waals surface area contributed by atoms with E-state index < -0.39 is 0 Å². The van der Waals surface area contributed by atoms with Crippen molar-refractivity contribution in [3.8, 4) is 17.6 Å². The maximum Gasteiger partial charge on any atom is 0.258 e. The van der Waals surface area contributed by atoms with Crippen molar-refractivity contribution in [3.63, 3.8) is 0 Å². The van der Waals surface area contributed by atoms with E-state index in [1.54, 1.807) is 17.0 Å². The van der Waals surface area contributed by atoms with Crippen LogP contribution in [0, 0.1) is 17.2 Å². The van der Waals surface area contributed by atoms with Crippen LogP contribution in [-0.2, 0) is 11.2 Å². The van der Waals surface area contributed by atoms with Crippen LogP contribution in [-0.4, -0.2) is 52.8 Å². The van der Waals surface area contributed by atoms with Gasteiger partial charge in [0.15, 0.2) is 0 Å². The number of ether oxygens (including phenoxy) is 1. The first kappa shape index (κ1) is 30.2. The summed E-state index contributed by atoms with van der Waals surface area (Å²) in [6.07, 6.45) is 7.69. The summed E-state index contributed by atoms with van der Waals surface area (Å²) < 4.78 is 5.40. The molecule has 35 heavy (non-hydrogen) atoms. The zero-order valence-corrected chi connectivity index (χ0v) is 21.7. The fraction of sp³-hybridized carbons (Fsp3) is 0.571. The highest BCUT2D eigenvalue weighted by molar-refractivity contribution is 5.99. The molecule has 1 fully saturated rings. The number of carbonyl (C=O) groups excluding carboxylic acids is 1. The molecule has 1 aliphatic heterocycles. The lowest BCUT2D eigenvalue weighted by molar-refractivity contribution is 0.0300. The minimum atomic E-state index is -0.188. The van der Waals surface area contributed by atoms with E-state index in [0.717, 1.165) is 43.2 Å². The lowest BCUT2D eigenvalue weighted by Crippen LogP contribution is -2.41. The Hall–Kier alpha value is -2.82. The Morgan fingerprint density at radius 3 is 2.49 bits per heavy atom. The normalized spacial score (nSPS) is 19.4. The molecule has 0 radical (unpaired) electrons. The Morgan fingerprint density at radius 1 is 1.29 bits per heavy atom.